The fourth-order valence-electron chi connectivity index (χ4n) is 4.84. The van der Waals surface area contributed by atoms with Gasteiger partial charge in [-0.05, 0) is 85.0 Å². The van der Waals surface area contributed by atoms with Crippen molar-refractivity contribution >= 4 is 28.7 Å². The molecule has 0 bridgehead atoms. The summed E-state index contributed by atoms with van der Waals surface area (Å²) < 4.78 is 8.01. The van der Waals surface area contributed by atoms with E-state index in [1.807, 2.05) is 95.7 Å². The van der Waals surface area contributed by atoms with E-state index >= 15 is 0 Å². The first-order valence-electron chi connectivity index (χ1n) is 12.3. The van der Waals surface area contributed by atoms with Crippen LogP contribution in [0.4, 0.5) is 11.4 Å². The number of nitro groups is 1. The fourth-order valence-corrected chi connectivity index (χ4v) is 5.18. The van der Waals surface area contributed by atoms with Gasteiger partial charge in [0.05, 0.1) is 16.7 Å². The molecule has 1 saturated heterocycles. The van der Waals surface area contributed by atoms with E-state index in [1.165, 1.54) is 12.1 Å². The van der Waals surface area contributed by atoms with E-state index in [0.29, 0.717) is 5.11 Å². The van der Waals surface area contributed by atoms with Crippen LogP contribution in [0.15, 0.2) is 122 Å². The van der Waals surface area contributed by atoms with Gasteiger partial charge in [0.25, 0.3) is 5.69 Å². The second kappa shape index (κ2) is 10.4. The third-order valence-corrected chi connectivity index (χ3v) is 6.93. The third kappa shape index (κ3) is 4.83. The van der Waals surface area contributed by atoms with Gasteiger partial charge in [-0.25, -0.2) is 0 Å². The minimum absolute atomic E-state index is 0.0435. The number of para-hydroxylation sites is 1. The summed E-state index contributed by atoms with van der Waals surface area (Å²) in [4.78, 5) is 17.5. The topological polar surface area (TPSA) is 85.5 Å². The van der Waals surface area contributed by atoms with Crippen molar-refractivity contribution in [3.8, 4) is 17.2 Å². The first-order valence-corrected chi connectivity index (χ1v) is 12.7. The van der Waals surface area contributed by atoms with Crippen LogP contribution in [0.5, 0.6) is 11.5 Å². The van der Waals surface area contributed by atoms with Crippen molar-refractivity contribution in [3.63, 3.8) is 0 Å². The molecule has 0 amide bonds. The second-order valence-electron chi connectivity index (χ2n) is 8.98. The maximum atomic E-state index is 11.2. The van der Waals surface area contributed by atoms with Crippen LogP contribution in [0.3, 0.4) is 0 Å². The molecule has 6 rings (SSSR count). The standard InChI is InChI=1S/C30H23N5O3S/c36-35(37)23-13-11-21(12-14-23)33-20-6-10-27(33)29-28(26-9-4-5-19-31-26)32-30(39)34(29)22-15-17-25(18-16-22)38-24-7-2-1-3-8-24/h1-20,28-29H,(H,32,39)/t28-,29+/m1/s1. The summed E-state index contributed by atoms with van der Waals surface area (Å²) in [5, 5.41) is 15.2. The summed E-state index contributed by atoms with van der Waals surface area (Å²) in [6.45, 7) is 0. The third-order valence-electron chi connectivity index (χ3n) is 6.61. The maximum Gasteiger partial charge on any atom is 0.269 e. The van der Waals surface area contributed by atoms with Crippen molar-refractivity contribution in [1.29, 1.82) is 0 Å². The first kappa shape index (κ1) is 24.3. The Hall–Kier alpha value is -5.02. The number of hydrogen-bond acceptors (Lipinski definition) is 5. The van der Waals surface area contributed by atoms with Crippen LogP contribution in [-0.4, -0.2) is 19.6 Å². The van der Waals surface area contributed by atoms with Crippen LogP contribution in [-0.2, 0) is 0 Å². The summed E-state index contributed by atoms with van der Waals surface area (Å²) >= 11 is 5.87. The Morgan fingerprint density at radius 2 is 1.51 bits per heavy atom. The second-order valence-corrected chi connectivity index (χ2v) is 9.37. The molecule has 0 aliphatic carbocycles. The van der Waals surface area contributed by atoms with Gasteiger partial charge < -0.3 is 19.5 Å². The summed E-state index contributed by atoms with van der Waals surface area (Å²) in [5.41, 5.74) is 3.56. The normalized spacial score (nSPS) is 16.6. The average Bonchev–Trinajstić information content (AvgIpc) is 3.59. The predicted molar refractivity (Wildman–Crippen MR) is 153 cm³/mol. The molecule has 8 nitrogen and oxygen atoms in total. The molecule has 9 heteroatoms. The first-order chi connectivity index (χ1) is 19.1. The number of nitrogens with one attached hydrogen (secondary N) is 1. The molecule has 0 spiro atoms. The summed E-state index contributed by atoms with van der Waals surface area (Å²) in [7, 11) is 0. The molecule has 1 fully saturated rings. The van der Waals surface area contributed by atoms with E-state index in [-0.39, 0.29) is 17.8 Å². The lowest BCUT2D eigenvalue weighted by molar-refractivity contribution is -0.384. The number of thiocarbonyl (C=S) groups is 1. The number of nitro benzene ring substituents is 1. The van der Waals surface area contributed by atoms with Gasteiger partial charge in [0.2, 0.25) is 0 Å². The Bertz CT molecular complexity index is 1610. The van der Waals surface area contributed by atoms with Crippen molar-refractivity contribution in [2.75, 3.05) is 4.90 Å². The Kier molecular flexibility index (Phi) is 6.48. The minimum atomic E-state index is -0.399. The number of ether oxygens (including phenoxy) is 1. The van der Waals surface area contributed by atoms with Gasteiger partial charge in [-0.2, -0.15) is 0 Å². The molecule has 1 aliphatic rings. The lowest BCUT2D eigenvalue weighted by Crippen LogP contribution is -2.30. The Labute approximate surface area is 230 Å². The lowest BCUT2D eigenvalue weighted by atomic mass is 10.0. The van der Waals surface area contributed by atoms with Gasteiger partial charge in [-0.15, -0.1) is 0 Å². The average molecular weight is 534 g/mol. The molecular formula is C30H23N5O3S. The van der Waals surface area contributed by atoms with E-state index in [2.05, 4.69) is 15.2 Å². The van der Waals surface area contributed by atoms with Crippen molar-refractivity contribution in [2.45, 2.75) is 12.1 Å². The highest BCUT2D eigenvalue weighted by Gasteiger charge is 2.42. The maximum absolute atomic E-state index is 11.2. The molecule has 3 aromatic carbocycles. The molecule has 39 heavy (non-hydrogen) atoms. The van der Waals surface area contributed by atoms with E-state index in [4.69, 9.17) is 17.0 Å². The number of non-ortho nitro benzene ring substituents is 1. The largest absolute Gasteiger partial charge is 0.457 e. The van der Waals surface area contributed by atoms with Gasteiger partial charge >= 0.3 is 0 Å². The minimum Gasteiger partial charge on any atom is -0.457 e. The molecule has 5 aromatic rings. The molecule has 2 aromatic heterocycles. The molecular weight excluding hydrogens is 510 g/mol. The number of hydrogen-bond donors (Lipinski definition) is 1. The Balaban J connectivity index is 1.39. The highest BCUT2D eigenvalue weighted by Crippen LogP contribution is 2.42. The Morgan fingerprint density at radius 3 is 2.21 bits per heavy atom. The summed E-state index contributed by atoms with van der Waals surface area (Å²) in [5.74, 6) is 1.48. The quantitative estimate of drug-likeness (QED) is 0.141. The van der Waals surface area contributed by atoms with Crippen molar-refractivity contribution in [3.05, 3.63) is 143 Å². The van der Waals surface area contributed by atoms with Gasteiger partial charge in [0, 0.05) is 41.6 Å². The fraction of sp³-hybridized carbons (Fsp3) is 0.0667. The number of anilines is 1. The molecule has 0 saturated carbocycles. The zero-order chi connectivity index (χ0) is 26.8. The van der Waals surface area contributed by atoms with Gasteiger partial charge in [-0.1, -0.05) is 24.3 Å². The summed E-state index contributed by atoms with van der Waals surface area (Å²) in [6, 6.07) is 33.3. The molecule has 1 aliphatic heterocycles. The van der Waals surface area contributed by atoms with Crippen LogP contribution in [0.2, 0.25) is 0 Å². The molecule has 0 radical (unpaired) electrons. The zero-order valence-corrected chi connectivity index (χ0v) is 21.4. The monoisotopic (exact) mass is 533 g/mol. The smallest absolute Gasteiger partial charge is 0.269 e. The van der Waals surface area contributed by atoms with Crippen LogP contribution < -0.4 is 15.0 Å². The number of benzene rings is 3. The number of pyridine rings is 1. The lowest BCUT2D eigenvalue weighted by Gasteiger charge is -2.29. The zero-order valence-electron chi connectivity index (χ0n) is 20.6. The van der Waals surface area contributed by atoms with Crippen LogP contribution >= 0.6 is 12.2 Å². The van der Waals surface area contributed by atoms with Gasteiger partial charge in [0.1, 0.15) is 17.5 Å². The Morgan fingerprint density at radius 1 is 0.821 bits per heavy atom. The highest BCUT2D eigenvalue weighted by atomic mass is 32.1. The van der Waals surface area contributed by atoms with Crippen molar-refractivity contribution in [2.24, 2.45) is 0 Å². The van der Waals surface area contributed by atoms with Gasteiger partial charge in [-0.3, -0.25) is 15.1 Å². The van der Waals surface area contributed by atoms with Crippen LogP contribution in [0, 0.1) is 10.1 Å². The molecule has 0 unspecified atom stereocenters. The number of aromatic nitrogens is 2. The van der Waals surface area contributed by atoms with Crippen molar-refractivity contribution < 1.29 is 9.66 Å². The molecule has 1 N–H and O–H groups in total. The molecule has 192 valence electrons. The van der Waals surface area contributed by atoms with E-state index in [0.717, 1.165) is 34.3 Å². The number of rotatable bonds is 7. The molecule has 3 heterocycles. The molecule has 2 atom stereocenters. The van der Waals surface area contributed by atoms with Gasteiger partial charge in [0.15, 0.2) is 5.11 Å². The SMILES string of the molecule is O=[N+]([O-])c1ccc(-n2cccc2[C@H]2[C@@H](c3ccccn3)NC(=S)N2c2ccc(Oc3ccccc3)cc2)cc1. The van der Waals surface area contributed by atoms with Crippen molar-refractivity contribution in [1.82, 2.24) is 14.9 Å². The van der Waals surface area contributed by atoms with E-state index in [1.54, 1.807) is 18.3 Å². The summed E-state index contributed by atoms with van der Waals surface area (Å²) in [6.07, 6.45) is 3.72. The van der Waals surface area contributed by atoms with Crippen LogP contribution in [0.25, 0.3) is 5.69 Å². The van der Waals surface area contributed by atoms with Crippen LogP contribution in [0.1, 0.15) is 23.5 Å². The van der Waals surface area contributed by atoms with E-state index in [9.17, 15) is 10.1 Å². The number of nitrogens with zero attached hydrogens (tertiary/aromatic N) is 4. The highest BCUT2D eigenvalue weighted by molar-refractivity contribution is 7.80. The predicted octanol–water partition coefficient (Wildman–Crippen LogP) is 6.75. The van der Waals surface area contributed by atoms with E-state index < -0.39 is 4.92 Å².